The molecule has 0 fully saturated rings. The number of fused-ring (bicyclic) bond motifs is 1. The fourth-order valence-electron chi connectivity index (χ4n) is 1.57. The predicted octanol–water partition coefficient (Wildman–Crippen LogP) is 3.06. The van der Waals surface area contributed by atoms with Crippen molar-refractivity contribution in [1.29, 1.82) is 0 Å². The van der Waals surface area contributed by atoms with Crippen molar-refractivity contribution in [3.63, 3.8) is 0 Å². The Kier molecular flexibility index (Phi) is 2.40. The van der Waals surface area contributed by atoms with Crippen LogP contribution in [-0.2, 0) is 4.79 Å². The van der Waals surface area contributed by atoms with Crippen LogP contribution in [-0.4, -0.2) is 11.0 Å². The first-order chi connectivity index (χ1) is 7.08. The van der Waals surface area contributed by atoms with Gasteiger partial charge in [-0.2, -0.15) is 0 Å². The third-order valence-electron chi connectivity index (χ3n) is 2.17. The number of carbonyl (C=O) groups excluding carboxylic acids is 1. The van der Waals surface area contributed by atoms with Gasteiger partial charge < -0.3 is 9.72 Å². The molecule has 0 spiro atoms. The van der Waals surface area contributed by atoms with Gasteiger partial charge in [0.1, 0.15) is 5.75 Å². The van der Waals surface area contributed by atoms with Gasteiger partial charge in [0.25, 0.3) is 0 Å². The summed E-state index contributed by atoms with van der Waals surface area (Å²) in [4.78, 5) is 13.9. The molecule has 1 N–H and O–H groups in total. The van der Waals surface area contributed by atoms with E-state index >= 15 is 0 Å². The molecule has 2 aromatic rings. The van der Waals surface area contributed by atoms with Crippen LogP contribution in [0.5, 0.6) is 5.75 Å². The number of rotatable bonds is 1. The summed E-state index contributed by atoms with van der Waals surface area (Å²) < 4.78 is 5.02. The number of aromatic nitrogens is 1. The molecule has 0 atom stereocenters. The van der Waals surface area contributed by atoms with E-state index < -0.39 is 0 Å². The predicted molar refractivity (Wildman–Crippen MR) is 59.4 cm³/mol. The molecule has 2 rings (SSSR count). The zero-order chi connectivity index (χ0) is 11.0. The third-order valence-corrected chi connectivity index (χ3v) is 2.48. The number of halogens is 1. The van der Waals surface area contributed by atoms with Gasteiger partial charge in [-0.3, -0.25) is 4.79 Å². The summed E-state index contributed by atoms with van der Waals surface area (Å²) in [7, 11) is 0. The van der Waals surface area contributed by atoms with E-state index in [-0.39, 0.29) is 5.97 Å². The van der Waals surface area contributed by atoms with E-state index in [1.807, 2.05) is 6.92 Å². The van der Waals surface area contributed by atoms with E-state index in [1.54, 1.807) is 18.3 Å². The number of H-pyrrole nitrogens is 1. The van der Waals surface area contributed by atoms with E-state index in [1.165, 1.54) is 6.92 Å². The number of aryl methyl sites for hydroxylation is 1. The number of carbonyl (C=O) groups is 1. The molecule has 3 nitrogen and oxygen atoms in total. The zero-order valence-corrected chi connectivity index (χ0v) is 9.18. The highest BCUT2D eigenvalue weighted by Gasteiger charge is 2.07. The van der Waals surface area contributed by atoms with Crippen LogP contribution >= 0.6 is 11.6 Å². The molecule has 0 aliphatic carbocycles. The lowest BCUT2D eigenvalue weighted by molar-refractivity contribution is -0.131. The second kappa shape index (κ2) is 3.59. The smallest absolute Gasteiger partial charge is 0.308 e. The Morgan fingerprint density at radius 1 is 1.47 bits per heavy atom. The van der Waals surface area contributed by atoms with Crippen LogP contribution in [0.25, 0.3) is 10.9 Å². The molecule has 4 heteroatoms. The molecule has 0 aliphatic rings. The molecule has 0 saturated heterocycles. The average molecular weight is 224 g/mol. The van der Waals surface area contributed by atoms with Crippen molar-refractivity contribution in [3.8, 4) is 5.75 Å². The first-order valence-electron chi connectivity index (χ1n) is 4.53. The molecule has 15 heavy (non-hydrogen) atoms. The molecule has 0 aliphatic heterocycles. The Morgan fingerprint density at radius 3 is 2.87 bits per heavy atom. The van der Waals surface area contributed by atoms with Crippen LogP contribution in [0.15, 0.2) is 18.3 Å². The number of esters is 1. The van der Waals surface area contributed by atoms with Crippen molar-refractivity contribution in [2.75, 3.05) is 0 Å². The molecule has 1 heterocycles. The van der Waals surface area contributed by atoms with Crippen molar-refractivity contribution < 1.29 is 9.53 Å². The van der Waals surface area contributed by atoms with Crippen LogP contribution < -0.4 is 4.74 Å². The zero-order valence-electron chi connectivity index (χ0n) is 8.43. The highest BCUT2D eigenvalue weighted by molar-refractivity contribution is 6.35. The molecule has 1 aromatic carbocycles. The van der Waals surface area contributed by atoms with Gasteiger partial charge in [-0.25, -0.2) is 0 Å². The van der Waals surface area contributed by atoms with Crippen molar-refractivity contribution >= 4 is 28.5 Å². The molecule has 0 amide bonds. The Bertz CT molecular complexity index is 531. The Balaban J connectivity index is 2.59. The van der Waals surface area contributed by atoms with E-state index in [0.717, 1.165) is 16.5 Å². The van der Waals surface area contributed by atoms with Crippen LogP contribution in [0.4, 0.5) is 0 Å². The molecule has 0 bridgehead atoms. The van der Waals surface area contributed by atoms with Crippen LogP contribution in [0, 0.1) is 6.92 Å². The number of benzene rings is 1. The van der Waals surface area contributed by atoms with Crippen molar-refractivity contribution in [2.24, 2.45) is 0 Å². The van der Waals surface area contributed by atoms with Crippen molar-refractivity contribution in [2.45, 2.75) is 13.8 Å². The van der Waals surface area contributed by atoms with Crippen LogP contribution in [0.1, 0.15) is 12.5 Å². The SMILES string of the molecule is CC(=O)Oc1cc(C)c2[nH]cc(Cl)c2c1. The van der Waals surface area contributed by atoms with Gasteiger partial charge in [0.2, 0.25) is 0 Å². The quantitative estimate of drug-likeness (QED) is 0.596. The van der Waals surface area contributed by atoms with Gasteiger partial charge in [-0.1, -0.05) is 11.6 Å². The van der Waals surface area contributed by atoms with E-state index in [2.05, 4.69) is 4.98 Å². The Labute approximate surface area is 92.0 Å². The van der Waals surface area contributed by atoms with Crippen LogP contribution in [0.2, 0.25) is 5.02 Å². The lowest BCUT2D eigenvalue weighted by atomic mass is 10.1. The summed E-state index contributed by atoms with van der Waals surface area (Å²) in [5, 5.41) is 1.50. The Morgan fingerprint density at radius 2 is 2.20 bits per heavy atom. The third kappa shape index (κ3) is 1.83. The minimum Gasteiger partial charge on any atom is -0.427 e. The maximum Gasteiger partial charge on any atom is 0.308 e. The number of nitrogens with one attached hydrogen (secondary N) is 1. The fourth-order valence-corrected chi connectivity index (χ4v) is 1.78. The van der Waals surface area contributed by atoms with Gasteiger partial charge in [-0.15, -0.1) is 0 Å². The average Bonchev–Trinajstić information content (AvgIpc) is 2.47. The molecule has 78 valence electrons. The lowest BCUT2D eigenvalue weighted by Crippen LogP contribution is -2.01. The summed E-state index contributed by atoms with van der Waals surface area (Å²) >= 11 is 5.98. The van der Waals surface area contributed by atoms with E-state index in [4.69, 9.17) is 16.3 Å². The number of aromatic amines is 1. The normalized spacial score (nSPS) is 10.6. The van der Waals surface area contributed by atoms with Crippen LogP contribution in [0.3, 0.4) is 0 Å². The molecular formula is C11H10ClNO2. The standard InChI is InChI=1S/C11H10ClNO2/c1-6-3-8(15-7(2)14)4-9-10(12)5-13-11(6)9/h3-5,13H,1-2H3. The lowest BCUT2D eigenvalue weighted by Gasteiger charge is -2.03. The van der Waals surface area contributed by atoms with E-state index in [9.17, 15) is 4.79 Å². The minimum absolute atomic E-state index is 0.333. The summed E-state index contributed by atoms with van der Waals surface area (Å²) in [6, 6.07) is 3.55. The highest BCUT2D eigenvalue weighted by atomic mass is 35.5. The highest BCUT2D eigenvalue weighted by Crippen LogP contribution is 2.29. The van der Waals surface area contributed by atoms with Crippen molar-refractivity contribution in [1.82, 2.24) is 4.98 Å². The number of ether oxygens (including phenoxy) is 1. The van der Waals surface area contributed by atoms with Crippen molar-refractivity contribution in [3.05, 3.63) is 28.9 Å². The maximum absolute atomic E-state index is 10.8. The number of hydrogen-bond donors (Lipinski definition) is 1. The van der Waals surface area contributed by atoms with Gasteiger partial charge >= 0.3 is 5.97 Å². The second-order valence-corrected chi connectivity index (χ2v) is 3.80. The monoisotopic (exact) mass is 223 g/mol. The summed E-state index contributed by atoms with van der Waals surface area (Å²) in [6.45, 7) is 3.31. The molecule has 0 saturated carbocycles. The van der Waals surface area contributed by atoms with Gasteiger partial charge in [0.15, 0.2) is 0 Å². The van der Waals surface area contributed by atoms with Gasteiger partial charge in [0, 0.05) is 18.5 Å². The molecule has 1 aromatic heterocycles. The largest absolute Gasteiger partial charge is 0.427 e. The molecular weight excluding hydrogens is 214 g/mol. The summed E-state index contributed by atoms with van der Waals surface area (Å²) in [6.07, 6.45) is 1.72. The summed E-state index contributed by atoms with van der Waals surface area (Å²) in [5.74, 6) is 0.189. The topological polar surface area (TPSA) is 42.1 Å². The minimum atomic E-state index is -0.333. The van der Waals surface area contributed by atoms with E-state index in [0.29, 0.717) is 10.8 Å². The summed E-state index contributed by atoms with van der Waals surface area (Å²) in [5.41, 5.74) is 1.96. The second-order valence-electron chi connectivity index (χ2n) is 3.39. The first kappa shape index (κ1) is 10.1. The van der Waals surface area contributed by atoms with Gasteiger partial charge in [-0.05, 0) is 24.6 Å². The Hall–Kier alpha value is -1.48. The fraction of sp³-hybridized carbons (Fsp3) is 0.182. The molecule has 0 unspecified atom stereocenters. The first-order valence-corrected chi connectivity index (χ1v) is 4.91. The van der Waals surface area contributed by atoms with Gasteiger partial charge in [0.05, 0.1) is 10.5 Å². The maximum atomic E-state index is 10.8. The number of hydrogen-bond acceptors (Lipinski definition) is 2. The molecule has 0 radical (unpaired) electrons.